The predicted molar refractivity (Wildman–Crippen MR) is 80.8 cm³/mol. The number of thiophene rings is 1. The number of halogens is 3. The second-order valence-corrected chi connectivity index (χ2v) is 6.72. The lowest BCUT2D eigenvalue weighted by atomic mass is 10.00. The van der Waals surface area contributed by atoms with E-state index in [9.17, 15) is 8.78 Å². The maximum Gasteiger partial charge on any atom is 0.134 e. The zero-order valence-corrected chi connectivity index (χ0v) is 13.3. The molecule has 19 heavy (non-hydrogen) atoms. The van der Waals surface area contributed by atoms with Crippen molar-refractivity contribution in [2.24, 2.45) is 0 Å². The third kappa shape index (κ3) is 3.06. The van der Waals surface area contributed by atoms with E-state index < -0.39 is 17.7 Å². The van der Waals surface area contributed by atoms with E-state index in [1.807, 2.05) is 11.4 Å². The van der Waals surface area contributed by atoms with Crippen LogP contribution in [0.25, 0.3) is 0 Å². The summed E-state index contributed by atoms with van der Waals surface area (Å²) in [6, 6.07) is 3.79. The Morgan fingerprint density at radius 2 is 1.89 bits per heavy atom. The maximum atomic E-state index is 14.1. The summed E-state index contributed by atoms with van der Waals surface area (Å²) in [5.41, 5.74) is 0.859. The van der Waals surface area contributed by atoms with Gasteiger partial charge in [-0.05, 0) is 46.6 Å². The van der Waals surface area contributed by atoms with E-state index in [0.717, 1.165) is 8.45 Å². The Labute approximate surface area is 127 Å². The van der Waals surface area contributed by atoms with E-state index in [2.05, 4.69) is 27.9 Å². The van der Waals surface area contributed by atoms with Crippen LogP contribution in [0.1, 0.15) is 17.2 Å². The normalized spacial score (nSPS) is 12.5. The lowest BCUT2D eigenvalue weighted by Gasteiger charge is -2.17. The van der Waals surface area contributed by atoms with Gasteiger partial charge < -0.3 is 10.1 Å². The van der Waals surface area contributed by atoms with Crippen molar-refractivity contribution in [1.82, 2.24) is 5.32 Å². The van der Waals surface area contributed by atoms with E-state index in [-0.39, 0.29) is 11.3 Å². The Kier molecular flexibility index (Phi) is 4.75. The zero-order chi connectivity index (χ0) is 14.0. The van der Waals surface area contributed by atoms with Gasteiger partial charge in [-0.25, -0.2) is 8.78 Å². The third-order valence-electron chi connectivity index (χ3n) is 2.79. The first-order valence-corrected chi connectivity index (χ1v) is 7.46. The molecule has 0 amide bonds. The maximum absolute atomic E-state index is 14.1. The Morgan fingerprint density at radius 3 is 2.32 bits per heavy atom. The summed E-state index contributed by atoms with van der Waals surface area (Å²) in [6.07, 6.45) is 0. The molecule has 1 aromatic carbocycles. The average molecular weight is 395 g/mol. The van der Waals surface area contributed by atoms with Crippen molar-refractivity contribution in [3.05, 3.63) is 49.2 Å². The van der Waals surface area contributed by atoms with Crippen molar-refractivity contribution in [2.75, 3.05) is 14.2 Å². The largest absolute Gasteiger partial charge is 0.497 e. The highest BCUT2D eigenvalue weighted by atomic mass is 127. The quantitative estimate of drug-likeness (QED) is 0.792. The third-order valence-corrected chi connectivity index (χ3v) is 4.59. The summed E-state index contributed by atoms with van der Waals surface area (Å²) in [5.74, 6) is -1.05. The van der Waals surface area contributed by atoms with Crippen LogP contribution in [-0.2, 0) is 0 Å². The first kappa shape index (κ1) is 14.7. The number of nitrogens with one attached hydrogen (secondary N) is 1. The van der Waals surface area contributed by atoms with Crippen LogP contribution in [-0.4, -0.2) is 14.2 Å². The topological polar surface area (TPSA) is 21.3 Å². The summed E-state index contributed by atoms with van der Waals surface area (Å²) < 4.78 is 34.1. The van der Waals surface area contributed by atoms with Crippen LogP contribution in [0, 0.1) is 14.5 Å². The Morgan fingerprint density at radius 1 is 1.26 bits per heavy atom. The van der Waals surface area contributed by atoms with Gasteiger partial charge in [0.15, 0.2) is 0 Å². The van der Waals surface area contributed by atoms with E-state index in [4.69, 9.17) is 4.74 Å². The van der Waals surface area contributed by atoms with Crippen molar-refractivity contribution in [1.29, 1.82) is 0 Å². The molecule has 2 aromatic rings. The molecule has 2 nitrogen and oxygen atoms in total. The fourth-order valence-corrected chi connectivity index (χ4v) is 3.31. The molecule has 0 spiro atoms. The molecule has 102 valence electrons. The van der Waals surface area contributed by atoms with Gasteiger partial charge in [-0.1, -0.05) is 0 Å². The van der Waals surface area contributed by atoms with Gasteiger partial charge in [0.05, 0.1) is 16.0 Å². The minimum Gasteiger partial charge on any atom is -0.497 e. The monoisotopic (exact) mass is 395 g/mol. The first-order valence-electron chi connectivity index (χ1n) is 5.51. The highest BCUT2D eigenvalue weighted by Gasteiger charge is 2.22. The summed E-state index contributed by atoms with van der Waals surface area (Å²) in [6.45, 7) is 0. The molecule has 2 rings (SSSR count). The summed E-state index contributed by atoms with van der Waals surface area (Å²) in [5, 5.41) is 4.84. The fourth-order valence-electron chi connectivity index (χ4n) is 1.91. The first-order chi connectivity index (χ1) is 9.06. The standard InChI is InChI=1S/C13H12F2INOS/c1-17-13(7-3-11(16)19-6-7)12-9(14)4-8(18-2)5-10(12)15/h3-6,13,17H,1-2H3. The molecule has 1 unspecified atom stereocenters. The van der Waals surface area contributed by atoms with Crippen LogP contribution in [0.15, 0.2) is 23.6 Å². The molecule has 0 bridgehead atoms. The number of hydrogen-bond acceptors (Lipinski definition) is 3. The highest BCUT2D eigenvalue weighted by molar-refractivity contribution is 14.1. The number of methoxy groups -OCH3 is 1. The number of rotatable bonds is 4. The second-order valence-electron chi connectivity index (χ2n) is 3.91. The van der Waals surface area contributed by atoms with Crippen LogP contribution in [0.5, 0.6) is 5.75 Å². The molecule has 0 fully saturated rings. The van der Waals surface area contributed by atoms with Crippen LogP contribution in [0.4, 0.5) is 8.78 Å². The predicted octanol–water partition coefficient (Wildman–Crippen LogP) is 3.95. The molecule has 0 saturated carbocycles. The van der Waals surface area contributed by atoms with E-state index in [0.29, 0.717) is 0 Å². The van der Waals surface area contributed by atoms with E-state index in [1.54, 1.807) is 7.05 Å². The van der Waals surface area contributed by atoms with Crippen molar-refractivity contribution < 1.29 is 13.5 Å². The lowest BCUT2D eigenvalue weighted by molar-refractivity contribution is 0.403. The molecular weight excluding hydrogens is 383 g/mol. The molecule has 0 saturated heterocycles. The lowest BCUT2D eigenvalue weighted by Crippen LogP contribution is -2.20. The molecule has 1 heterocycles. The van der Waals surface area contributed by atoms with Gasteiger partial charge >= 0.3 is 0 Å². The van der Waals surface area contributed by atoms with Crippen LogP contribution < -0.4 is 10.1 Å². The highest BCUT2D eigenvalue weighted by Crippen LogP contribution is 2.32. The van der Waals surface area contributed by atoms with Gasteiger partial charge in [-0.2, -0.15) is 0 Å². The SMILES string of the molecule is CNC(c1csc(I)c1)c1c(F)cc(OC)cc1F. The molecule has 1 atom stereocenters. The zero-order valence-electron chi connectivity index (χ0n) is 10.3. The van der Waals surface area contributed by atoms with E-state index in [1.165, 1.54) is 30.6 Å². The molecule has 0 aliphatic heterocycles. The van der Waals surface area contributed by atoms with Gasteiger partial charge in [-0.3, -0.25) is 0 Å². The minimum absolute atomic E-state index is 0.0116. The van der Waals surface area contributed by atoms with Crippen molar-refractivity contribution >= 4 is 33.9 Å². The van der Waals surface area contributed by atoms with Gasteiger partial charge in [-0.15, -0.1) is 11.3 Å². The van der Waals surface area contributed by atoms with Gasteiger partial charge in [0.1, 0.15) is 17.4 Å². The molecule has 6 heteroatoms. The smallest absolute Gasteiger partial charge is 0.134 e. The van der Waals surface area contributed by atoms with Gasteiger partial charge in [0.25, 0.3) is 0 Å². The van der Waals surface area contributed by atoms with Crippen LogP contribution >= 0.6 is 33.9 Å². The molecule has 0 aliphatic carbocycles. The number of ether oxygens (including phenoxy) is 1. The average Bonchev–Trinajstić information content (AvgIpc) is 2.79. The Hall–Kier alpha value is -0.730. The summed E-state index contributed by atoms with van der Waals surface area (Å²) in [4.78, 5) is 0. The minimum atomic E-state index is -0.614. The number of hydrogen-bond donors (Lipinski definition) is 1. The molecule has 1 N–H and O–H groups in total. The molecule has 0 radical (unpaired) electrons. The van der Waals surface area contributed by atoms with Crippen LogP contribution in [0.2, 0.25) is 0 Å². The summed E-state index contributed by atoms with van der Waals surface area (Å²) in [7, 11) is 3.06. The van der Waals surface area contributed by atoms with Crippen LogP contribution in [0.3, 0.4) is 0 Å². The Balaban J connectivity index is 2.49. The van der Waals surface area contributed by atoms with Crippen molar-refractivity contribution in [3.8, 4) is 5.75 Å². The summed E-state index contributed by atoms with van der Waals surface area (Å²) >= 11 is 3.72. The number of benzene rings is 1. The Bertz CT molecular complexity index is 565. The fraction of sp³-hybridized carbons (Fsp3) is 0.231. The van der Waals surface area contributed by atoms with E-state index >= 15 is 0 Å². The molecule has 0 aliphatic rings. The van der Waals surface area contributed by atoms with Gasteiger partial charge in [0.2, 0.25) is 0 Å². The van der Waals surface area contributed by atoms with Crippen molar-refractivity contribution in [2.45, 2.75) is 6.04 Å². The van der Waals surface area contributed by atoms with Crippen molar-refractivity contribution in [3.63, 3.8) is 0 Å². The second kappa shape index (κ2) is 6.15. The molecular formula is C13H12F2INOS. The molecule has 1 aromatic heterocycles. The van der Waals surface area contributed by atoms with Gasteiger partial charge in [0, 0.05) is 17.7 Å².